The molecule has 0 saturated heterocycles. The van der Waals surface area contributed by atoms with Gasteiger partial charge in [0.05, 0.1) is 23.8 Å². The zero-order valence-electron chi connectivity index (χ0n) is 14.0. The fourth-order valence-electron chi connectivity index (χ4n) is 2.16. The van der Waals surface area contributed by atoms with Gasteiger partial charge < -0.3 is 10.6 Å². The van der Waals surface area contributed by atoms with Gasteiger partial charge in [-0.05, 0) is 44.3 Å². The van der Waals surface area contributed by atoms with E-state index in [-0.39, 0.29) is 29.9 Å². The van der Waals surface area contributed by atoms with Crippen molar-refractivity contribution >= 4 is 34.8 Å². The molecule has 5 nitrogen and oxygen atoms in total. The van der Waals surface area contributed by atoms with Gasteiger partial charge in [-0.2, -0.15) is 0 Å². The topological polar surface area (TPSA) is 61.4 Å². The van der Waals surface area contributed by atoms with Crippen molar-refractivity contribution in [2.45, 2.75) is 6.92 Å². The van der Waals surface area contributed by atoms with Crippen LogP contribution in [0.1, 0.15) is 5.56 Å². The second-order valence-corrected chi connectivity index (χ2v) is 6.17. The van der Waals surface area contributed by atoms with Gasteiger partial charge in [0.15, 0.2) is 0 Å². The van der Waals surface area contributed by atoms with E-state index in [0.717, 1.165) is 11.6 Å². The van der Waals surface area contributed by atoms with Crippen molar-refractivity contribution in [1.29, 1.82) is 0 Å². The number of likely N-dealkylation sites (N-methyl/N-ethyl adjacent to an activating group) is 1. The molecule has 25 heavy (non-hydrogen) atoms. The molecule has 0 bridgehead atoms. The maximum Gasteiger partial charge on any atom is 0.238 e. The van der Waals surface area contributed by atoms with Crippen LogP contribution in [0.4, 0.5) is 15.8 Å². The van der Waals surface area contributed by atoms with Crippen LogP contribution in [0.25, 0.3) is 0 Å². The highest BCUT2D eigenvalue weighted by Crippen LogP contribution is 2.22. The molecule has 0 fully saturated rings. The molecule has 0 saturated carbocycles. The first-order valence-corrected chi connectivity index (χ1v) is 8.01. The minimum absolute atomic E-state index is 0.00494. The summed E-state index contributed by atoms with van der Waals surface area (Å²) in [6.45, 7) is 2.01. The van der Waals surface area contributed by atoms with Crippen molar-refractivity contribution in [2.24, 2.45) is 0 Å². The monoisotopic (exact) mass is 363 g/mol. The van der Waals surface area contributed by atoms with E-state index in [1.54, 1.807) is 11.9 Å². The number of nitrogens with zero attached hydrogens (tertiary/aromatic N) is 1. The van der Waals surface area contributed by atoms with Gasteiger partial charge in [-0.3, -0.25) is 14.5 Å². The van der Waals surface area contributed by atoms with Gasteiger partial charge in [0.25, 0.3) is 0 Å². The largest absolute Gasteiger partial charge is 0.325 e. The van der Waals surface area contributed by atoms with Crippen molar-refractivity contribution in [1.82, 2.24) is 4.90 Å². The van der Waals surface area contributed by atoms with E-state index >= 15 is 0 Å². The SMILES string of the molecule is Cc1ccc(NC(=O)CN(C)CC(=O)Nc2ccc(F)cc2Cl)cc1. The number of hydrogen-bond donors (Lipinski definition) is 2. The number of nitrogens with one attached hydrogen (secondary N) is 2. The van der Waals surface area contributed by atoms with Crippen molar-refractivity contribution in [3.63, 3.8) is 0 Å². The van der Waals surface area contributed by atoms with Gasteiger partial charge >= 0.3 is 0 Å². The first-order valence-electron chi connectivity index (χ1n) is 7.63. The van der Waals surface area contributed by atoms with Gasteiger partial charge in [-0.15, -0.1) is 0 Å². The molecule has 0 radical (unpaired) electrons. The highest BCUT2D eigenvalue weighted by molar-refractivity contribution is 6.33. The van der Waals surface area contributed by atoms with Crippen LogP contribution in [0.2, 0.25) is 5.02 Å². The van der Waals surface area contributed by atoms with E-state index in [9.17, 15) is 14.0 Å². The summed E-state index contributed by atoms with van der Waals surface area (Å²) in [5, 5.41) is 5.47. The second-order valence-electron chi connectivity index (χ2n) is 5.76. The molecule has 2 amide bonds. The van der Waals surface area contributed by atoms with Crippen molar-refractivity contribution < 1.29 is 14.0 Å². The third-order valence-electron chi connectivity index (χ3n) is 3.37. The summed E-state index contributed by atoms with van der Waals surface area (Å²) >= 11 is 5.86. The average molecular weight is 364 g/mol. The van der Waals surface area contributed by atoms with Crippen LogP contribution in [0, 0.1) is 12.7 Å². The summed E-state index contributed by atoms with van der Waals surface area (Å²) < 4.78 is 13.0. The molecular formula is C18H19ClFN3O2. The number of carbonyl (C=O) groups is 2. The van der Waals surface area contributed by atoms with Crippen LogP contribution < -0.4 is 10.6 Å². The normalized spacial score (nSPS) is 10.6. The smallest absolute Gasteiger partial charge is 0.238 e. The molecule has 2 rings (SSSR count). The zero-order chi connectivity index (χ0) is 18.4. The Morgan fingerprint density at radius 3 is 2.24 bits per heavy atom. The lowest BCUT2D eigenvalue weighted by molar-refractivity contribution is -0.119. The van der Waals surface area contributed by atoms with E-state index in [0.29, 0.717) is 11.4 Å². The summed E-state index contributed by atoms with van der Waals surface area (Å²) in [6.07, 6.45) is 0. The third kappa shape index (κ3) is 6.17. The van der Waals surface area contributed by atoms with Gasteiger partial charge in [0.1, 0.15) is 5.82 Å². The first kappa shape index (κ1) is 18.9. The van der Waals surface area contributed by atoms with Gasteiger partial charge in [0, 0.05) is 5.69 Å². The summed E-state index contributed by atoms with van der Waals surface area (Å²) in [5.41, 5.74) is 2.13. The van der Waals surface area contributed by atoms with Crippen LogP contribution in [0.5, 0.6) is 0 Å². The van der Waals surface area contributed by atoms with Crippen LogP contribution in [-0.4, -0.2) is 36.9 Å². The standard InChI is InChI=1S/C18H19ClFN3O2/c1-12-3-6-14(7-4-12)21-17(24)10-23(2)11-18(25)22-16-8-5-13(20)9-15(16)19/h3-9H,10-11H2,1-2H3,(H,21,24)(H,22,25). The Kier molecular flexibility index (Phi) is 6.50. The highest BCUT2D eigenvalue weighted by Gasteiger charge is 2.12. The van der Waals surface area contributed by atoms with E-state index < -0.39 is 5.82 Å². The van der Waals surface area contributed by atoms with Crippen LogP contribution >= 0.6 is 11.6 Å². The van der Waals surface area contributed by atoms with E-state index in [2.05, 4.69) is 10.6 Å². The molecule has 2 aromatic rings. The van der Waals surface area contributed by atoms with Crippen LogP contribution in [0.15, 0.2) is 42.5 Å². The van der Waals surface area contributed by atoms with E-state index in [1.807, 2.05) is 31.2 Å². The number of hydrogen-bond acceptors (Lipinski definition) is 3. The maximum absolute atomic E-state index is 13.0. The zero-order valence-corrected chi connectivity index (χ0v) is 14.7. The van der Waals surface area contributed by atoms with Gasteiger partial charge in [0.2, 0.25) is 11.8 Å². The Balaban J connectivity index is 1.82. The van der Waals surface area contributed by atoms with Crippen LogP contribution in [-0.2, 0) is 9.59 Å². The first-order chi connectivity index (χ1) is 11.8. The molecule has 2 aromatic carbocycles. The lowest BCUT2D eigenvalue weighted by Gasteiger charge is -2.16. The molecule has 0 unspecified atom stereocenters. The number of halogens is 2. The predicted octanol–water partition coefficient (Wildman–Crippen LogP) is 3.30. The molecule has 0 heterocycles. The number of amides is 2. The molecule has 0 spiro atoms. The number of aryl methyl sites for hydroxylation is 1. The quantitative estimate of drug-likeness (QED) is 0.827. The molecule has 7 heteroatoms. The molecular weight excluding hydrogens is 345 g/mol. The second kappa shape index (κ2) is 8.60. The fraction of sp³-hybridized carbons (Fsp3) is 0.222. The highest BCUT2D eigenvalue weighted by atomic mass is 35.5. The number of rotatable bonds is 6. The minimum atomic E-state index is -0.479. The van der Waals surface area contributed by atoms with Gasteiger partial charge in [-0.25, -0.2) is 4.39 Å². The van der Waals surface area contributed by atoms with E-state index in [1.165, 1.54) is 12.1 Å². The summed E-state index contributed by atoms with van der Waals surface area (Å²) in [7, 11) is 1.65. The average Bonchev–Trinajstić information content (AvgIpc) is 2.52. The third-order valence-corrected chi connectivity index (χ3v) is 3.68. The lowest BCUT2D eigenvalue weighted by atomic mass is 10.2. The minimum Gasteiger partial charge on any atom is -0.325 e. The van der Waals surface area contributed by atoms with Gasteiger partial charge in [-0.1, -0.05) is 29.3 Å². The number of benzene rings is 2. The number of anilines is 2. The lowest BCUT2D eigenvalue weighted by Crippen LogP contribution is -2.36. The molecule has 0 aliphatic rings. The molecule has 132 valence electrons. The summed E-state index contributed by atoms with van der Waals surface area (Å²) in [6, 6.07) is 11.2. The summed E-state index contributed by atoms with van der Waals surface area (Å²) in [4.78, 5) is 25.6. The Morgan fingerprint density at radius 1 is 1.04 bits per heavy atom. The maximum atomic E-state index is 13.0. The van der Waals surface area contributed by atoms with Crippen molar-refractivity contribution in [3.05, 3.63) is 58.9 Å². The molecule has 0 aliphatic carbocycles. The van der Waals surface area contributed by atoms with Crippen LogP contribution in [0.3, 0.4) is 0 Å². The van der Waals surface area contributed by atoms with Crippen molar-refractivity contribution in [3.8, 4) is 0 Å². The fourth-order valence-corrected chi connectivity index (χ4v) is 2.38. The Labute approximate surface area is 150 Å². The molecule has 2 N–H and O–H groups in total. The molecule has 0 aliphatic heterocycles. The Morgan fingerprint density at radius 2 is 1.64 bits per heavy atom. The number of carbonyl (C=O) groups excluding carboxylic acids is 2. The van der Waals surface area contributed by atoms with Crippen molar-refractivity contribution in [2.75, 3.05) is 30.8 Å². The van der Waals surface area contributed by atoms with E-state index in [4.69, 9.17) is 11.6 Å². The molecule has 0 aromatic heterocycles. The Bertz CT molecular complexity index is 765. The summed E-state index contributed by atoms with van der Waals surface area (Å²) in [5.74, 6) is -1.05. The Hall–Kier alpha value is -2.44. The predicted molar refractivity (Wildman–Crippen MR) is 97.3 cm³/mol. The molecule has 0 atom stereocenters.